The molecule has 4 N–H and O–H groups in total. The molecule has 0 atom stereocenters. The summed E-state index contributed by atoms with van der Waals surface area (Å²) in [7, 11) is 0. The molecule has 0 radical (unpaired) electrons. The normalized spacial score (nSPS) is 11.8. The van der Waals surface area contributed by atoms with Crippen molar-refractivity contribution in [2.24, 2.45) is 0 Å². The number of fused-ring (bicyclic) bond motifs is 1. The Morgan fingerprint density at radius 2 is 1.82 bits per heavy atom. The number of carbonyl (C=O) groups is 1. The van der Waals surface area contributed by atoms with Crippen LogP contribution in [0.5, 0.6) is 5.75 Å². The molecule has 1 aliphatic rings. The van der Waals surface area contributed by atoms with Crippen LogP contribution in [0.3, 0.4) is 0 Å². The van der Waals surface area contributed by atoms with Gasteiger partial charge < -0.3 is 10.1 Å². The van der Waals surface area contributed by atoms with Gasteiger partial charge in [0.15, 0.2) is 11.6 Å². The molecule has 0 spiro atoms. The molecule has 1 amide bonds. The van der Waals surface area contributed by atoms with Gasteiger partial charge in [-0.2, -0.15) is 0 Å². The largest absolute Gasteiger partial charge is 0.493 e. The van der Waals surface area contributed by atoms with E-state index in [9.17, 15) is 4.79 Å². The summed E-state index contributed by atoms with van der Waals surface area (Å²) in [5.74, 6) is 1.73. The van der Waals surface area contributed by atoms with Crippen LogP contribution in [-0.4, -0.2) is 22.5 Å². The lowest BCUT2D eigenvalue weighted by molar-refractivity contribution is 0.102. The Labute approximate surface area is 194 Å². The summed E-state index contributed by atoms with van der Waals surface area (Å²) in [5, 5.41) is 2.92. The lowest BCUT2D eigenvalue weighted by Gasteiger charge is -2.09. The molecule has 8 heteroatoms. The van der Waals surface area contributed by atoms with Gasteiger partial charge in [0.1, 0.15) is 11.4 Å². The molecule has 0 saturated heterocycles. The van der Waals surface area contributed by atoms with Crippen molar-refractivity contribution >= 4 is 23.1 Å². The maximum absolute atomic E-state index is 12.8. The first-order valence-electron chi connectivity index (χ1n) is 10.6. The molecule has 0 fully saturated rings. The first-order chi connectivity index (χ1) is 16.2. The third-order valence-electron chi connectivity index (χ3n) is 5.16. The molecule has 8 nitrogen and oxygen atoms in total. The molecule has 1 aromatic heterocycles. The number of anilines is 3. The summed E-state index contributed by atoms with van der Waals surface area (Å²) >= 11 is 0. The van der Waals surface area contributed by atoms with Gasteiger partial charge in [0.05, 0.1) is 12.8 Å². The number of hydrazine groups is 2. The second-order valence-electron chi connectivity index (χ2n) is 7.47. The summed E-state index contributed by atoms with van der Waals surface area (Å²) in [6.45, 7) is 0.592. The molecule has 0 saturated carbocycles. The van der Waals surface area contributed by atoms with Crippen molar-refractivity contribution in [1.82, 2.24) is 15.5 Å². The fraction of sp³-hybridized carbons (Fsp3) is 0.0800. The number of nitrogens with one attached hydrogen (secondary N) is 4. The Kier molecular flexibility index (Phi) is 5.81. The third-order valence-corrected chi connectivity index (χ3v) is 5.16. The molecule has 0 bridgehead atoms. The van der Waals surface area contributed by atoms with Gasteiger partial charge in [0.25, 0.3) is 5.91 Å². The van der Waals surface area contributed by atoms with Crippen molar-refractivity contribution in [2.75, 3.05) is 22.8 Å². The standard InChI is InChI=1S/C25H22N6O2.2H2/c32-25(19-8-4-7-18(15-19)23-26-16-22-24(28-23)30-31-29-22)27-20-9-11-21(12-10-20)33-14-13-17-5-2-1-3-6-17;;/h1-12,15-16,29,31H,13-14H2,(H,27,32)(H,26,28,30);2*1H. The fourth-order valence-electron chi connectivity index (χ4n) is 3.43. The van der Waals surface area contributed by atoms with E-state index < -0.39 is 0 Å². The highest BCUT2D eigenvalue weighted by Crippen LogP contribution is 2.25. The number of carbonyl (C=O) groups excluding carboxylic acids is 1. The van der Waals surface area contributed by atoms with Gasteiger partial charge in [-0.15, -0.1) is 5.53 Å². The second kappa shape index (κ2) is 9.37. The summed E-state index contributed by atoms with van der Waals surface area (Å²) in [6, 6.07) is 24.8. The number of nitrogens with zero attached hydrogens (tertiary/aromatic N) is 2. The molecule has 0 aliphatic carbocycles. The zero-order valence-electron chi connectivity index (χ0n) is 17.7. The number of hydrogen-bond acceptors (Lipinski definition) is 7. The van der Waals surface area contributed by atoms with E-state index in [4.69, 9.17) is 4.74 Å². The minimum absolute atomic E-state index is 0. The highest BCUT2D eigenvalue weighted by molar-refractivity contribution is 6.04. The van der Waals surface area contributed by atoms with E-state index in [2.05, 4.69) is 43.8 Å². The zero-order chi connectivity index (χ0) is 22.5. The van der Waals surface area contributed by atoms with Crippen LogP contribution in [0, 0.1) is 0 Å². The first kappa shape index (κ1) is 20.5. The minimum atomic E-state index is -0.211. The Balaban J connectivity index is 0.00000171. The van der Waals surface area contributed by atoms with Crippen LogP contribution >= 0.6 is 0 Å². The summed E-state index contributed by atoms with van der Waals surface area (Å²) in [6.07, 6.45) is 2.52. The average molecular weight is 443 g/mol. The van der Waals surface area contributed by atoms with Gasteiger partial charge in [0.2, 0.25) is 0 Å². The smallest absolute Gasteiger partial charge is 0.255 e. The molecule has 2 heterocycles. The van der Waals surface area contributed by atoms with E-state index in [1.807, 2.05) is 54.6 Å². The van der Waals surface area contributed by atoms with Crippen LogP contribution in [0.15, 0.2) is 85.1 Å². The lowest BCUT2D eigenvalue weighted by Crippen LogP contribution is -2.19. The van der Waals surface area contributed by atoms with Gasteiger partial charge in [-0.25, -0.2) is 9.97 Å². The van der Waals surface area contributed by atoms with E-state index in [1.165, 1.54) is 5.56 Å². The molecule has 1 aliphatic heterocycles. The Hall–Kier alpha value is -4.43. The highest BCUT2D eigenvalue weighted by atomic mass is 16.5. The van der Waals surface area contributed by atoms with E-state index in [1.54, 1.807) is 18.3 Å². The van der Waals surface area contributed by atoms with Gasteiger partial charge in [-0.05, 0) is 42.0 Å². The summed E-state index contributed by atoms with van der Waals surface area (Å²) in [5.41, 5.74) is 12.5. The van der Waals surface area contributed by atoms with Crippen LogP contribution < -0.4 is 26.4 Å². The monoisotopic (exact) mass is 442 g/mol. The Morgan fingerprint density at radius 1 is 0.970 bits per heavy atom. The van der Waals surface area contributed by atoms with Crippen LogP contribution in [0.2, 0.25) is 0 Å². The minimum Gasteiger partial charge on any atom is -0.493 e. The van der Waals surface area contributed by atoms with Gasteiger partial charge >= 0.3 is 0 Å². The van der Waals surface area contributed by atoms with Crippen LogP contribution in [-0.2, 0) is 6.42 Å². The van der Waals surface area contributed by atoms with E-state index in [-0.39, 0.29) is 8.76 Å². The molecular formula is C25H26N6O2. The molecule has 0 unspecified atom stereocenters. The molecular weight excluding hydrogens is 416 g/mol. The number of hydrogen-bond donors (Lipinski definition) is 4. The zero-order valence-corrected chi connectivity index (χ0v) is 17.7. The van der Waals surface area contributed by atoms with Gasteiger partial charge in [0, 0.05) is 26.1 Å². The van der Waals surface area contributed by atoms with E-state index in [0.717, 1.165) is 23.4 Å². The lowest BCUT2D eigenvalue weighted by atomic mass is 10.1. The molecule has 3 aromatic carbocycles. The second-order valence-corrected chi connectivity index (χ2v) is 7.47. The van der Waals surface area contributed by atoms with Crippen LogP contribution in [0.1, 0.15) is 18.8 Å². The predicted octanol–water partition coefficient (Wildman–Crippen LogP) is 4.77. The summed E-state index contributed by atoms with van der Waals surface area (Å²) < 4.78 is 5.81. The van der Waals surface area contributed by atoms with E-state index >= 15 is 0 Å². The Bertz CT molecular complexity index is 1270. The highest BCUT2D eigenvalue weighted by Gasteiger charge is 2.14. The van der Waals surface area contributed by atoms with E-state index in [0.29, 0.717) is 29.5 Å². The number of aromatic nitrogens is 2. The van der Waals surface area contributed by atoms with Crippen LogP contribution in [0.25, 0.3) is 11.4 Å². The Morgan fingerprint density at radius 3 is 2.67 bits per heavy atom. The predicted molar refractivity (Wildman–Crippen MR) is 132 cm³/mol. The molecule has 4 aromatic rings. The van der Waals surface area contributed by atoms with Crippen molar-refractivity contribution in [1.29, 1.82) is 0 Å². The molecule has 5 rings (SSSR count). The third kappa shape index (κ3) is 4.91. The van der Waals surface area contributed by atoms with Gasteiger partial charge in [-0.1, -0.05) is 42.5 Å². The van der Waals surface area contributed by atoms with Crippen LogP contribution in [0.4, 0.5) is 17.2 Å². The number of rotatable bonds is 7. The molecule has 168 valence electrons. The van der Waals surface area contributed by atoms with Crippen molar-refractivity contribution < 1.29 is 12.4 Å². The number of ether oxygens (including phenoxy) is 1. The summed E-state index contributed by atoms with van der Waals surface area (Å²) in [4.78, 5) is 21.6. The maximum Gasteiger partial charge on any atom is 0.255 e. The topological polar surface area (TPSA) is 100 Å². The fourth-order valence-corrected chi connectivity index (χ4v) is 3.43. The van der Waals surface area contributed by atoms with Crippen molar-refractivity contribution in [3.8, 4) is 17.1 Å². The van der Waals surface area contributed by atoms with Crippen molar-refractivity contribution in [3.63, 3.8) is 0 Å². The maximum atomic E-state index is 12.8. The first-order valence-corrected chi connectivity index (χ1v) is 10.6. The quantitative estimate of drug-likeness (QED) is 0.327. The number of amides is 1. The SMILES string of the molecule is O=C(Nc1ccc(OCCc2ccccc2)cc1)c1cccc(-c2ncc3c(n2)NNN3)c1.[HH].[HH]. The number of benzene rings is 3. The van der Waals surface area contributed by atoms with Gasteiger partial charge in [-0.3, -0.25) is 15.6 Å². The molecule has 33 heavy (non-hydrogen) atoms. The van der Waals surface area contributed by atoms with Crippen molar-refractivity contribution in [3.05, 3.63) is 96.2 Å². The van der Waals surface area contributed by atoms with Crippen molar-refractivity contribution in [2.45, 2.75) is 6.42 Å². The average Bonchev–Trinajstić information content (AvgIpc) is 3.34.